The smallest absolute Gasteiger partial charge is 0.248 e. The molecule has 3 rings (SSSR count). The maximum atomic E-state index is 14.4. The van der Waals surface area contributed by atoms with E-state index in [0.29, 0.717) is 32.6 Å². The Kier molecular flexibility index (Phi) is 4.45. The highest BCUT2D eigenvalue weighted by atomic mass is 19.1. The summed E-state index contributed by atoms with van der Waals surface area (Å²) in [6, 6.07) is 2.53. The van der Waals surface area contributed by atoms with Crippen molar-refractivity contribution in [3.05, 3.63) is 29.1 Å². The first kappa shape index (κ1) is 16.7. The van der Waals surface area contributed by atoms with Crippen LogP contribution in [0.5, 0.6) is 5.75 Å². The fraction of sp³-hybridized carbons (Fsp3) is 0.529. The molecule has 1 aromatic rings. The quantitative estimate of drug-likeness (QED) is 0.886. The topological polar surface area (TPSA) is 81.9 Å². The van der Waals surface area contributed by atoms with Gasteiger partial charge in [0.25, 0.3) is 0 Å². The third-order valence-corrected chi connectivity index (χ3v) is 4.81. The van der Waals surface area contributed by atoms with E-state index in [0.717, 1.165) is 6.07 Å². The van der Waals surface area contributed by atoms with Gasteiger partial charge in [-0.2, -0.15) is 0 Å². The molecule has 0 bridgehead atoms. The van der Waals surface area contributed by atoms with E-state index in [1.165, 1.54) is 6.07 Å². The van der Waals surface area contributed by atoms with Crippen molar-refractivity contribution < 1.29 is 23.5 Å². The number of hydrogen-bond donors (Lipinski definition) is 1. The molecular weight excluding hydrogens is 315 g/mol. The van der Waals surface area contributed by atoms with E-state index in [1.807, 2.05) is 6.92 Å². The maximum Gasteiger partial charge on any atom is 0.248 e. The van der Waals surface area contributed by atoms with Crippen molar-refractivity contribution in [1.29, 1.82) is 0 Å². The first-order valence-electron chi connectivity index (χ1n) is 8.03. The predicted molar refractivity (Wildman–Crippen MR) is 84.0 cm³/mol. The molecular formula is C17H21FN2O4. The molecule has 6 nitrogen and oxygen atoms in total. The highest BCUT2D eigenvalue weighted by molar-refractivity contribution is 5.93. The third-order valence-electron chi connectivity index (χ3n) is 4.81. The van der Waals surface area contributed by atoms with Crippen LogP contribution in [-0.2, 0) is 16.1 Å². The highest BCUT2D eigenvalue weighted by Crippen LogP contribution is 2.34. The van der Waals surface area contributed by atoms with Crippen LogP contribution < -0.4 is 10.5 Å². The lowest BCUT2D eigenvalue weighted by Crippen LogP contribution is -2.45. The van der Waals surface area contributed by atoms with Crippen molar-refractivity contribution in [2.75, 3.05) is 26.4 Å². The van der Waals surface area contributed by atoms with Gasteiger partial charge in [0.15, 0.2) is 0 Å². The lowest BCUT2D eigenvalue weighted by Gasteiger charge is -2.36. The Hall–Kier alpha value is -2.15. The molecule has 1 fully saturated rings. The van der Waals surface area contributed by atoms with Crippen molar-refractivity contribution >= 4 is 11.8 Å². The average Bonchev–Trinajstić information content (AvgIpc) is 2.77. The van der Waals surface area contributed by atoms with Crippen LogP contribution in [0, 0.1) is 11.2 Å². The molecule has 2 N–H and O–H groups in total. The minimum Gasteiger partial charge on any atom is -0.491 e. The van der Waals surface area contributed by atoms with E-state index in [1.54, 1.807) is 4.90 Å². The van der Waals surface area contributed by atoms with E-state index in [-0.39, 0.29) is 35.9 Å². The number of carbonyl (C=O) groups excluding carboxylic acids is 2. The lowest BCUT2D eigenvalue weighted by atomic mass is 9.81. The van der Waals surface area contributed by atoms with Crippen LogP contribution >= 0.6 is 0 Å². The van der Waals surface area contributed by atoms with Crippen molar-refractivity contribution in [3.63, 3.8) is 0 Å². The minimum atomic E-state index is -0.716. The van der Waals surface area contributed by atoms with Gasteiger partial charge in [0.1, 0.15) is 18.2 Å². The molecule has 0 radical (unpaired) electrons. The molecule has 0 aromatic heterocycles. The van der Waals surface area contributed by atoms with Crippen LogP contribution in [0.3, 0.4) is 0 Å². The Balaban J connectivity index is 1.87. The van der Waals surface area contributed by atoms with E-state index in [9.17, 15) is 14.0 Å². The summed E-state index contributed by atoms with van der Waals surface area (Å²) in [4.78, 5) is 25.8. The van der Waals surface area contributed by atoms with Crippen LogP contribution in [0.1, 0.15) is 35.7 Å². The zero-order valence-electron chi connectivity index (χ0n) is 13.6. The fourth-order valence-electron chi connectivity index (χ4n) is 3.16. The van der Waals surface area contributed by atoms with Gasteiger partial charge in [-0.25, -0.2) is 4.39 Å². The van der Waals surface area contributed by atoms with Gasteiger partial charge in [0.05, 0.1) is 18.5 Å². The Bertz CT molecular complexity index is 671. The number of fused-ring (bicyclic) bond motifs is 1. The van der Waals surface area contributed by atoms with Gasteiger partial charge in [-0.1, -0.05) is 6.92 Å². The van der Waals surface area contributed by atoms with Crippen molar-refractivity contribution in [2.24, 2.45) is 11.1 Å². The lowest BCUT2D eigenvalue weighted by molar-refractivity contribution is -0.147. The second-order valence-corrected chi connectivity index (χ2v) is 6.55. The highest BCUT2D eigenvalue weighted by Gasteiger charge is 2.39. The molecule has 2 aliphatic heterocycles. The van der Waals surface area contributed by atoms with Crippen LogP contribution in [0.2, 0.25) is 0 Å². The Morgan fingerprint density at radius 2 is 1.96 bits per heavy atom. The molecule has 1 aromatic carbocycles. The summed E-state index contributed by atoms with van der Waals surface area (Å²) in [7, 11) is 0. The molecule has 0 saturated carbocycles. The first-order chi connectivity index (χ1) is 11.4. The molecule has 130 valence electrons. The van der Waals surface area contributed by atoms with Crippen molar-refractivity contribution in [2.45, 2.75) is 26.3 Å². The number of nitrogens with two attached hydrogens (primary N) is 1. The Labute approximate surface area is 139 Å². The summed E-state index contributed by atoms with van der Waals surface area (Å²) in [5.74, 6) is -1.04. The number of amides is 2. The summed E-state index contributed by atoms with van der Waals surface area (Å²) >= 11 is 0. The van der Waals surface area contributed by atoms with Crippen molar-refractivity contribution in [1.82, 2.24) is 4.90 Å². The number of benzene rings is 1. The standard InChI is InChI=1S/C17H21FN2O4/c1-17(2-5-23-6-3-17)16(22)20-4-7-24-14-9-11(15(19)21)8-13(18)12(14)10-20/h8-9H,2-7,10H2,1H3,(H2,19,21). The monoisotopic (exact) mass is 336 g/mol. The molecule has 7 heteroatoms. The van der Waals surface area contributed by atoms with Crippen molar-refractivity contribution in [3.8, 4) is 5.75 Å². The van der Waals surface area contributed by atoms with Gasteiger partial charge in [-0.15, -0.1) is 0 Å². The molecule has 24 heavy (non-hydrogen) atoms. The van der Waals surface area contributed by atoms with E-state index < -0.39 is 17.1 Å². The Morgan fingerprint density at radius 3 is 2.62 bits per heavy atom. The number of ether oxygens (including phenoxy) is 2. The number of primary amides is 1. The number of carbonyl (C=O) groups is 2. The number of rotatable bonds is 2. The van der Waals surface area contributed by atoms with Gasteiger partial charge >= 0.3 is 0 Å². The van der Waals surface area contributed by atoms with Gasteiger partial charge in [-0.3, -0.25) is 9.59 Å². The summed E-state index contributed by atoms with van der Waals surface area (Å²) in [6.45, 7) is 3.77. The van der Waals surface area contributed by atoms with E-state index >= 15 is 0 Å². The van der Waals surface area contributed by atoms with Crippen LogP contribution in [-0.4, -0.2) is 43.1 Å². The molecule has 2 aliphatic rings. The average molecular weight is 336 g/mol. The molecule has 0 aliphatic carbocycles. The van der Waals surface area contributed by atoms with Crippen LogP contribution in [0.4, 0.5) is 4.39 Å². The van der Waals surface area contributed by atoms with Crippen LogP contribution in [0.15, 0.2) is 12.1 Å². The van der Waals surface area contributed by atoms with E-state index in [4.69, 9.17) is 15.2 Å². The molecule has 2 heterocycles. The summed E-state index contributed by atoms with van der Waals surface area (Å²) in [5, 5.41) is 0. The predicted octanol–water partition coefficient (Wildman–Crippen LogP) is 1.46. The Morgan fingerprint density at radius 1 is 1.25 bits per heavy atom. The normalized spacial score (nSPS) is 19.8. The number of hydrogen-bond acceptors (Lipinski definition) is 4. The van der Waals surface area contributed by atoms with Crippen LogP contribution in [0.25, 0.3) is 0 Å². The van der Waals surface area contributed by atoms with Gasteiger partial charge in [-0.05, 0) is 25.0 Å². The molecule has 2 amide bonds. The molecule has 0 spiro atoms. The maximum absolute atomic E-state index is 14.4. The largest absolute Gasteiger partial charge is 0.491 e. The minimum absolute atomic E-state index is 0.0133. The van der Waals surface area contributed by atoms with Gasteiger partial charge < -0.3 is 20.1 Å². The van der Waals surface area contributed by atoms with E-state index in [2.05, 4.69) is 0 Å². The number of halogens is 1. The number of nitrogens with zero attached hydrogens (tertiary/aromatic N) is 1. The van der Waals surface area contributed by atoms with Gasteiger partial charge in [0.2, 0.25) is 11.8 Å². The second kappa shape index (κ2) is 6.39. The summed E-state index contributed by atoms with van der Waals surface area (Å²) < 4.78 is 25.3. The first-order valence-corrected chi connectivity index (χ1v) is 8.03. The SMILES string of the molecule is CC1(C(=O)N2CCOc3cc(C(N)=O)cc(F)c3C2)CCOCC1. The third kappa shape index (κ3) is 3.08. The molecule has 0 unspecified atom stereocenters. The zero-order chi connectivity index (χ0) is 17.3. The second-order valence-electron chi connectivity index (χ2n) is 6.55. The summed E-state index contributed by atoms with van der Waals surface area (Å²) in [5.41, 5.74) is 5.05. The summed E-state index contributed by atoms with van der Waals surface area (Å²) in [6.07, 6.45) is 1.30. The fourth-order valence-corrected chi connectivity index (χ4v) is 3.16. The zero-order valence-corrected chi connectivity index (χ0v) is 13.6. The molecule has 1 saturated heterocycles. The van der Waals surface area contributed by atoms with Gasteiger partial charge in [0, 0.05) is 24.3 Å². The molecule has 0 atom stereocenters.